The number of piperidine rings is 1. The van der Waals surface area contributed by atoms with Gasteiger partial charge < -0.3 is 24.4 Å². The maximum absolute atomic E-state index is 13.8. The van der Waals surface area contributed by atoms with Crippen LogP contribution in [0.2, 0.25) is 0 Å². The van der Waals surface area contributed by atoms with Crippen LogP contribution in [0.25, 0.3) is 11.3 Å². The average molecular weight is 404 g/mol. The molecule has 1 amide bonds. The second-order valence-corrected chi connectivity index (χ2v) is 7.54. The molecule has 1 aromatic carbocycles. The Bertz CT molecular complexity index is 844. The van der Waals surface area contributed by atoms with Gasteiger partial charge >= 0.3 is 0 Å². The molecule has 0 unspecified atom stereocenters. The highest BCUT2D eigenvalue weighted by Crippen LogP contribution is 2.33. The van der Waals surface area contributed by atoms with Crippen molar-refractivity contribution in [2.24, 2.45) is 5.92 Å². The zero-order chi connectivity index (χ0) is 21.0. The topological polar surface area (TPSA) is 70.8 Å². The van der Waals surface area contributed by atoms with Crippen molar-refractivity contribution in [1.82, 2.24) is 15.4 Å². The van der Waals surface area contributed by atoms with E-state index in [1.54, 1.807) is 25.1 Å². The van der Waals surface area contributed by atoms with Crippen LogP contribution in [0.4, 0.5) is 10.2 Å². The predicted octanol–water partition coefficient (Wildman–Crippen LogP) is 3.02. The Hall–Kier alpha value is -2.61. The second kappa shape index (κ2) is 9.26. The maximum atomic E-state index is 13.8. The molecule has 0 atom stereocenters. The Morgan fingerprint density at radius 1 is 1.38 bits per heavy atom. The Morgan fingerprint density at radius 2 is 2.10 bits per heavy atom. The first-order valence-electron chi connectivity index (χ1n) is 9.96. The lowest BCUT2D eigenvalue weighted by molar-refractivity contribution is 0.0937. The van der Waals surface area contributed by atoms with Gasteiger partial charge in [0.1, 0.15) is 5.56 Å². The van der Waals surface area contributed by atoms with Crippen LogP contribution in [0, 0.1) is 11.7 Å². The van der Waals surface area contributed by atoms with Crippen LogP contribution in [0.5, 0.6) is 5.75 Å². The normalized spacial score (nSPS) is 15.3. The molecule has 29 heavy (non-hydrogen) atoms. The third-order valence-corrected chi connectivity index (χ3v) is 5.44. The zero-order valence-corrected chi connectivity index (χ0v) is 17.5. The van der Waals surface area contributed by atoms with Crippen LogP contribution in [-0.4, -0.2) is 63.3 Å². The summed E-state index contributed by atoms with van der Waals surface area (Å²) in [6.45, 7) is 5.97. The summed E-state index contributed by atoms with van der Waals surface area (Å²) in [5.41, 5.74) is 0.875. The van der Waals surface area contributed by atoms with Crippen LogP contribution in [0.15, 0.2) is 22.7 Å². The van der Waals surface area contributed by atoms with E-state index in [1.165, 1.54) is 19.2 Å². The lowest BCUT2D eigenvalue weighted by Gasteiger charge is -2.31. The van der Waals surface area contributed by atoms with Gasteiger partial charge in [-0.05, 0) is 56.6 Å². The minimum Gasteiger partial charge on any atom is -0.494 e. The first-order valence-corrected chi connectivity index (χ1v) is 9.96. The Morgan fingerprint density at radius 3 is 2.72 bits per heavy atom. The minimum absolute atomic E-state index is 0.0827. The molecule has 0 bridgehead atoms. The molecule has 2 heterocycles. The molecule has 7 nitrogen and oxygen atoms in total. The zero-order valence-electron chi connectivity index (χ0n) is 17.5. The highest BCUT2D eigenvalue weighted by Gasteiger charge is 2.27. The molecule has 1 aliphatic rings. The van der Waals surface area contributed by atoms with E-state index in [4.69, 9.17) is 9.26 Å². The molecule has 1 fully saturated rings. The van der Waals surface area contributed by atoms with Gasteiger partial charge in [0, 0.05) is 26.2 Å². The van der Waals surface area contributed by atoms with Gasteiger partial charge in [-0.3, -0.25) is 4.79 Å². The summed E-state index contributed by atoms with van der Waals surface area (Å²) >= 11 is 0. The van der Waals surface area contributed by atoms with Gasteiger partial charge in [0.05, 0.1) is 7.11 Å². The Kier molecular flexibility index (Phi) is 6.74. The molecular weight excluding hydrogens is 375 g/mol. The van der Waals surface area contributed by atoms with Crippen molar-refractivity contribution in [3.63, 3.8) is 0 Å². The number of halogens is 1. The van der Waals surface area contributed by atoms with Gasteiger partial charge in [-0.15, -0.1) is 0 Å². The summed E-state index contributed by atoms with van der Waals surface area (Å²) in [4.78, 5) is 17.2. The third kappa shape index (κ3) is 4.70. The number of carbonyl (C=O) groups is 1. The molecule has 3 rings (SSSR count). The van der Waals surface area contributed by atoms with Crippen LogP contribution < -0.4 is 15.0 Å². The first-order chi connectivity index (χ1) is 13.9. The molecule has 1 aliphatic heterocycles. The molecule has 158 valence electrons. The van der Waals surface area contributed by atoms with Gasteiger partial charge in [-0.2, -0.15) is 0 Å². The fraction of sp³-hybridized carbons (Fsp3) is 0.524. The van der Waals surface area contributed by atoms with Gasteiger partial charge in [0.15, 0.2) is 23.1 Å². The number of hydrogen-bond donors (Lipinski definition) is 1. The highest BCUT2D eigenvalue weighted by atomic mass is 19.1. The number of anilines is 1. The van der Waals surface area contributed by atoms with E-state index in [1.807, 2.05) is 0 Å². The smallest absolute Gasteiger partial charge is 0.259 e. The number of nitrogens with zero attached hydrogens (tertiary/aromatic N) is 3. The van der Waals surface area contributed by atoms with Crippen molar-refractivity contribution >= 4 is 11.7 Å². The van der Waals surface area contributed by atoms with Gasteiger partial charge in [-0.25, -0.2) is 4.39 Å². The first kappa shape index (κ1) is 21.1. The van der Waals surface area contributed by atoms with E-state index in [-0.39, 0.29) is 11.7 Å². The maximum Gasteiger partial charge on any atom is 0.259 e. The monoisotopic (exact) mass is 404 g/mol. The van der Waals surface area contributed by atoms with E-state index < -0.39 is 5.82 Å². The number of rotatable bonds is 7. The average Bonchev–Trinajstić information content (AvgIpc) is 3.18. The van der Waals surface area contributed by atoms with Crippen molar-refractivity contribution in [3.05, 3.63) is 29.6 Å². The van der Waals surface area contributed by atoms with Crippen molar-refractivity contribution < 1.29 is 18.4 Å². The van der Waals surface area contributed by atoms with E-state index in [0.29, 0.717) is 35.2 Å². The molecule has 1 saturated heterocycles. The van der Waals surface area contributed by atoms with E-state index in [0.717, 1.165) is 32.5 Å². The number of nitrogens with one attached hydrogen (secondary N) is 1. The number of methoxy groups -OCH3 is 1. The molecular formula is C21H29FN4O3. The van der Waals surface area contributed by atoms with Crippen molar-refractivity contribution in [1.29, 1.82) is 0 Å². The number of aromatic nitrogens is 1. The summed E-state index contributed by atoms with van der Waals surface area (Å²) in [7, 11) is 4.99. The van der Waals surface area contributed by atoms with E-state index in [9.17, 15) is 9.18 Å². The van der Waals surface area contributed by atoms with Crippen molar-refractivity contribution in [2.45, 2.75) is 19.8 Å². The molecule has 0 saturated carbocycles. The van der Waals surface area contributed by atoms with Crippen LogP contribution in [-0.2, 0) is 0 Å². The number of amides is 1. The SMILES string of the molecule is CCN1CCC(CNC(=O)c2c(N(C)C)noc2-c2ccc(F)c(OC)c2)CC1. The predicted molar refractivity (Wildman–Crippen MR) is 110 cm³/mol. The number of ether oxygens (including phenoxy) is 1. The number of benzene rings is 1. The molecule has 0 aliphatic carbocycles. The molecule has 1 aromatic heterocycles. The standard InChI is InChI=1S/C21H29FN4O3/c1-5-26-10-8-14(9-11-26)13-23-21(27)18-19(29-24-20(18)25(2)3)15-6-7-16(22)17(12-15)28-4/h6-7,12,14H,5,8-11,13H2,1-4H3,(H,23,27). The van der Waals surface area contributed by atoms with Crippen molar-refractivity contribution in [3.8, 4) is 17.1 Å². The molecule has 2 aromatic rings. The number of carbonyl (C=O) groups excluding carboxylic acids is 1. The number of likely N-dealkylation sites (tertiary alicyclic amines) is 1. The summed E-state index contributed by atoms with van der Waals surface area (Å²) in [5, 5.41) is 7.10. The lowest BCUT2D eigenvalue weighted by atomic mass is 9.96. The quantitative estimate of drug-likeness (QED) is 0.765. The van der Waals surface area contributed by atoms with Gasteiger partial charge in [0.2, 0.25) is 0 Å². The molecule has 8 heteroatoms. The largest absolute Gasteiger partial charge is 0.494 e. The molecule has 0 spiro atoms. The molecule has 1 N–H and O–H groups in total. The summed E-state index contributed by atoms with van der Waals surface area (Å²) in [5.74, 6) is 0.546. The van der Waals surface area contributed by atoms with E-state index >= 15 is 0 Å². The number of hydrogen-bond acceptors (Lipinski definition) is 6. The van der Waals surface area contributed by atoms with Crippen LogP contribution in [0.3, 0.4) is 0 Å². The fourth-order valence-electron chi connectivity index (χ4n) is 3.62. The highest BCUT2D eigenvalue weighted by molar-refractivity contribution is 6.04. The minimum atomic E-state index is -0.479. The van der Waals surface area contributed by atoms with Gasteiger partial charge in [0.25, 0.3) is 5.91 Å². The Balaban J connectivity index is 1.80. The Labute approximate surface area is 170 Å². The van der Waals surface area contributed by atoms with Crippen molar-refractivity contribution in [2.75, 3.05) is 52.3 Å². The summed E-state index contributed by atoms with van der Waals surface area (Å²) in [6, 6.07) is 4.34. The third-order valence-electron chi connectivity index (χ3n) is 5.44. The summed E-state index contributed by atoms with van der Waals surface area (Å²) < 4.78 is 24.3. The molecule has 0 radical (unpaired) electrons. The lowest BCUT2D eigenvalue weighted by Crippen LogP contribution is -2.38. The van der Waals surface area contributed by atoms with Crippen LogP contribution in [0.1, 0.15) is 30.1 Å². The van der Waals surface area contributed by atoms with E-state index in [2.05, 4.69) is 22.3 Å². The van der Waals surface area contributed by atoms with Crippen LogP contribution >= 0.6 is 0 Å². The summed E-state index contributed by atoms with van der Waals surface area (Å²) in [6.07, 6.45) is 2.14. The fourth-order valence-corrected chi connectivity index (χ4v) is 3.62. The van der Waals surface area contributed by atoms with Gasteiger partial charge in [-0.1, -0.05) is 12.1 Å². The second-order valence-electron chi connectivity index (χ2n) is 7.54.